The van der Waals surface area contributed by atoms with Crippen LogP contribution in [0.25, 0.3) is 22.4 Å². The van der Waals surface area contributed by atoms with Crippen molar-refractivity contribution in [3.63, 3.8) is 0 Å². The van der Waals surface area contributed by atoms with Crippen LogP contribution >= 0.6 is 15.9 Å². The van der Waals surface area contributed by atoms with Crippen molar-refractivity contribution in [2.24, 2.45) is 0 Å². The molecule has 0 spiro atoms. The second kappa shape index (κ2) is 4.00. The summed E-state index contributed by atoms with van der Waals surface area (Å²) in [6, 6.07) is 14.3. The Balaban J connectivity index is 2.22. The quantitative estimate of drug-likeness (QED) is 0.710. The molecular formula is C14H11BrN2. The maximum atomic E-state index is 4.60. The van der Waals surface area contributed by atoms with Gasteiger partial charge in [0.1, 0.15) is 5.82 Å². The van der Waals surface area contributed by atoms with Gasteiger partial charge in [0, 0.05) is 10.0 Å². The minimum Gasteiger partial charge on any atom is -0.338 e. The van der Waals surface area contributed by atoms with Gasteiger partial charge in [-0.15, -0.1) is 0 Å². The summed E-state index contributed by atoms with van der Waals surface area (Å²) in [4.78, 5) is 7.95. The number of rotatable bonds is 1. The van der Waals surface area contributed by atoms with Crippen LogP contribution in [0.2, 0.25) is 0 Å². The zero-order valence-electron chi connectivity index (χ0n) is 9.37. The highest BCUT2D eigenvalue weighted by Gasteiger charge is 2.07. The maximum absolute atomic E-state index is 4.60. The highest BCUT2D eigenvalue weighted by molar-refractivity contribution is 9.10. The van der Waals surface area contributed by atoms with Gasteiger partial charge in [-0.2, -0.15) is 0 Å². The molecule has 0 aliphatic heterocycles. The fraction of sp³-hybridized carbons (Fsp3) is 0.0714. The van der Waals surface area contributed by atoms with Crippen molar-refractivity contribution in [3.05, 3.63) is 52.5 Å². The number of nitrogens with zero attached hydrogens (tertiary/aromatic N) is 1. The zero-order valence-corrected chi connectivity index (χ0v) is 11.0. The van der Waals surface area contributed by atoms with Crippen LogP contribution in [0, 0.1) is 6.92 Å². The highest BCUT2D eigenvalue weighted by Crippen LogP contribution is 2.27. The molecule has 17 heavy (non-hydrogen) atoms. The van der Waals surface area contributed by atoms with Crippen molar-refractivity contribution in [2.45, 2.75) is 6.92 Å². The summed E-state index contributed by atoms with van der Waals surface area (Å²) in [7, 11) is 0. The van der Waals surface area contributed by atoms with Gasteiger partial charge in [0.2, 0.25) is 0 Å². The predicted octanol–water partition coefficient (Wildman–Crippen LogP) is 4.30. The number of benzene rings is 2. The molecule has 0 aliphatic rings. The number of H-pyrrole nitrogens is 1. The lowest BCUT2D eigenvalue weighted by atomic mass is 10.2. The Morgan fingerprint density at radius 1 is 1.12 bits per heavy atom. The molecule has 0 radical (unpaired) electrons. The standard InChI is InChI=1S/C14H11BrN2/c1-9-6-7-12-13(8-9)17-14(16-12)10-4-2-3-5-11(10)15/h2-8H,1H3,(H,16,17). The van der Waals surface area contributed by atoms with E-state index in [2.05, 4.69) is 51.0 Å². The number of nitrogens with one attached hydrogen (secondary N) is 1. The maximum Gasteiger partial charge on any atom is 0.139 e. The van der Waals surface area contributed by atoms with Crippen LogP contribution in [0.4, 0.5) is 0 Å². The molecule has 1 aromatic heterocycles. The first-order chi connectivity index (χ1) is 8.24. The van der Waals surface area contributed by atoms with Gasteiger partial charge in [0.15, 0.2) is 0 Å². The molecule has 3 rings (SSSR count). The zero-order chi connectivity index (χ0) is 11.8. The first kappa shape index (κ1) is 10.5. The topological polar surface area (TPSA) is 28.7 Å². The molecule has 0 saturated carbocycles. The highest BCUT2D eigenvalue weighted by atomic mass is 79.9. The Morgan fingerprint density at radius 3 is 2.76 bits per heavy atom. The minimum absolute atomic E-state index is 0.901. The van der Waals surface area contributed by atoms with Crippen molar-refractivity contribution in [3.8, 4) is 11.4 Å². The molecule has 0 unspecified atom stereocenters. The van der Waals surface area contributed by atoms with Gasteiger partial charge < -0.3 is 4.98 Å². The van der Waals surface area contributed by atoms with Crippen molar-refractivity contribution < 1.29 is 0 Å². The number of aryl methyl sites for hydroxylation is 1. The fourth-order valence-electron chi connectivity index (χ4n) is 1.90. The molecule has 0 atom stereocenters. The Kier molecular flexibility index (Phi) is 2.48. The third-order valence-corrected chi connectivity index (χ3v) is 3.46. The van der Waals surface area contributed by atoms with Crippen molar-refractivity contribution in [1.82, 2.24) is 9.97 Å². The number of imidazole rings is 1. The summed E-state index contributed by atoms with van der Waals surface area (Å²) in [6.45, 7) is 2.08. The lowest BCUT2D eigenvalue weighted by molar-refractivity contribution is 1.33. The van der Waals surface area contributed by atoms with Crippen molar-refractivity contribution in [1.29, 1.82) is 0 Å². The van der Waals surface area contributed by atoms with Crippen LogP contribution in [0.5, 0.6) is 0 Å². The lowest BCUT2D eigenvalue weighted by Crippen LogP contribution is -1.81. The van der Waals surface area contributed by atoms with Crippen LogP contribution in [0.1, 0.15) is 5.56 Å². The first-order valence-electron chi connectivity index (χ1n) is 5.45. The Bertz CT molecular complexity index is 686. The van der Waals surface area contributed by atoms with Crippen molar-refractivity contribution in [2.75, 3.05) is 0 Å². The van der Waals surface area contributed by atoms with Gasteiger partial charge in [-0.25, -0.2) is 4.98 Å². The van der Waals surface area contributed by atoms with Crippen LogP contribution in [-0.2, 0) is 0 Å². The lowest BCUT2D eigenvalue weighted by Gasteiger charge is -1.98. The normalized spacial score (nSPS) is 10.9. The predicted molar refractivity (Wildman–Crippen MR) is 74.0 cm³/mol. The molecule has 1 N–H and O–H groups in total. The molecule has 2 aromatic carbocycles. The summed E-state index contributed by atoms with van der Waals surface area (Å²) >= 11 is 3.54. The van der Waals surface area contributed by atoms with E-state index in [4.69, 9.17) is 0 Å². The SMILES string of the molecule is Cc1ccc2nc(-c3ccccc3Br)[nH]c2c1. The Hall–Kier alpha value is -1.61. The third kappa shape index (κ3) is 1.87. The molecule has 2 nitrogen and oxygen atoms in total. The molecule has 1 heterocycles. The number of aromatic nitrogens is 2. The number of halogens is 1. The third-order valence-electron chi connectivity index (χ3n) is 2.77. The van der Waals surface area contributed by atoms with Gasteiger partial charge >= 0.3 is 0 Å². The fourth-order valence-corrected chi connectivity index (χ4v) is 2.38. The second-order valence-corrected chi connectivity index (χ2v) is 4.94. The molecule has 3 aromatic rings. The first-order valence-corrected chi connectivity index (χ1v) is 6.24. The summed E-state index contributed by atoms with van der Waals surface area (Å²) in [5.74, 6) is 0.901. The minimum atomic E-state index is 0.901. The molecule has 3 heteroatoms. The molecule has 0 saturated heterocycles. The van der Waals surface area contributed by atoms with Crippen LogP contribution < -0.4 is 0 Å². The Labute approximate surface area is 108 Å². The van der Waals surface area contributed by atoms with Crippen LogP contribution in [0.15, 0.2) is 46.9 Å². The molecule has 0 aliphatic carbocycles. The molecular weight excluding hydrogens is 276 g/mol. The van der Waals surface area contributed by atoms with Gasteiger partial charge in [-0.1, -0.05) is 40.2 Å². The largest absolute Gasteiger partial charge is 0.338 e. The van der Waals surface area contributed by atoms with Crippen LogP contribution in [0.3, 0.4) is 0 Å². The van der Waals surface area contributed by atoms with Gasteiger partial charge in [0.25, 0.3) is 0 Å². The summed E-state index contributed by atoms with van der Waals surface area (Å²) < 4.78 is 1.05. The summed E-state index contributed by atoms with van der Waals surface area (Å²) in [5, 5.41) is 0. The molecule has 0 fully saturated rings. The molecule has 0 bridgehead atoms. The smallest absolute Gasteiger partial charge is 0.139 e. The van der Waals surface area contributed by atoms with Gasteiger partial charge in [-0.05, 0) is 30.7 Å². The number of fused-ring (bicyclic) bond motifs is 1. The average molecular weight is 287 g/mol. The molecule has 0 amide bonds. The number of hydrogen-bond donors (Lipinski definition) is 1. The number of aromatic amines is 1. The van der Waals surface area contributed by atoms with E-state index in [1.54, 1.807) is 0 Å². The van der Waals surface area contributed by atoms with E-state index in [-0.39, 0.29) is 0 Å². The van der Waals surface area contributed by atoms with E-state index >= 15 is 0 Å². The van der Waals surface area contributed by atoms with Crippen LogP contribution in [-0.4, -0.2) is 9.97 Å². The van der Waals surface area contributed by atoms with Gasteiger partial charge in [-0.3, -0.25) is 0 Å². The Morgan fingerprint density at radius 2 is 1.94 bits per heavy atom. The van der Waals surface area contributed by atoms with Crippen molar-refractivity contribution >= 4 is 27.0 Å². The second-order valence-electron chi connectivity index (χ2n) is 4.09. The van der Waals surface area contributed by atoms with E-state index in [9.17, 15) is 0 Å². The summed E-state index contributed by atoms with van der Waals surface area (Å²) in [6.07, 6.45) is 0. The van der Waals surface area contributed by atoms with E-state index in [0.29, 0.717) is 0 Å². The van der Waals surface area contributed by atoms with E-state index < -0.39 is 0 Å². The number of hydrogen-bond acceptors (Lipinski definition) is 1. The van der Waals surface area contributed by atoms with E-state index in [0.717, 1.165) is 26.9 Å². The average Bonchev–Trinajstić information content (AvgIpc) is 2.72. The molecule has 84 valence electrons. The van der Waals surface area contributed by atoms with E-state index in [1.165, 1.54) is 5.56 Å². The van der Waals surface area contributed by atoms with Gasteiger partial charge in [0.05, 0.1) is 11.0 Å². The summed E-state index contributed by atoms with van der Waals surface area (Å²) in [5.41, 5.74) is 4.40. The van der Waals surface area contributed by atoms with E-state index in [1.807, 2.05) is 24.3 Å². The monoisotopic (exact) mass is 286 g/mol.